The van der Waals surface area contributed by atoms with Crippen LogP contribution < -0.4 is 9.47 Å². The molecule has 28 heavy (non-hydrogen) atoms. The van der Waals surface area contributed by atoms with Gasteiger partial charge in [-0.25, -0.2) is 4.39 Å². The van der Waals surface area contributed by atoms with E-state index in [1.807, 2.05) is 0 Å². The normalized spacial score (nSPS) is 19.8. The van der Waals surface area contributed by atoms with Gasteiger partial charge >= 0.3 is 6.36 Å². The number of carbonyl (C=O) groups excluding carboxylic acids is 1. The number of halogens is 5. The summed E-state index contributed by atoms with van der Waals surface area (Å²) in [6, 6.07) is 8.82. The molecule has 0 bridgehead atoms. The maximum atomic E-state index is 14.5. The van der Waals surface area contributed by atoms with Crippen molar-refractivity contribution in [2.24, 2.45) is 0 Å². The predicted molar refractivity (Wildman–Crippen MR) is 93.6 cm³/mol. The molecule has 0 aliphatic carbocycles. The van der Waals surface area contributed by atoms with Gasteiger partial charge < -0.3 is 14.4 Å². The molecule has 1 aliphatic heterocycles. The van der Waals surface area contributed by atoms with Crippen molar-refractivity contribution in [3.63, 3.8) is 0 Å². The Morgan fingerprint density at radius 2 is 1.86 bits per heavy atom. The number of methoxy groups -OCH3 is 1. The van der Waals surface area contributed by atoms with Gasteiger partial charge in [-0.05, 0) is 36.2 Å². The van der Waals surface area contributed by atoms with Crippen molar-refractivity contribution in [3.05, 3.63) is 59.4 Å². The standard InChI is InChI=1S/C19H16ClF4NO3/c1-27-16-4-2-3-14(21)17(16)15-9-13(20)18(26)25(15)10-11-5-7-12(8-6-11)28-19(22,23)24/h2-8,13,15H,9-10H2,1H3/t13-,15+/m0/s1. The minimum atomic E-state index is -4.79. The number of likely N-dealkylation sites (tertiary alicyclic amines) is 1. The second-order valence-electron chi connectivity index (χ2n) is 6.23. The van der Waals surface area contributed by atoms with Crippen LogP contribution in [0.15, 0.2) is 42.5 Å². The number of alkyl halides is 4. The van der Waals surface area contributed by atoms with Crippen LogP contribution in [0.25, 0.3) is 0 Å². The van der Waals surface area contributed by atoms with E-state index in [1.165, 1.54) is 36.3 Å². The number of nitrogens with zero attached hydrogens (tertiary/aromatic N) is 1. The van der Waals surface area contributed by atoms with Crippen LogP contribution in [0.3, 0.4) is 0 Å². The van der Waals surface area contributed by atoms with Crippen molar-refractivity contribution in [2.45, 2.75) is 30.7 Å². The fourth-order valence-corrected chi connectivity index (χ4v) is 3.53. The van der Waals surface area contributed by atoms with Crippen molar-refractivity contribution in [3.8, 4) is 11.5 Å². The van der Waals surface area contributed by atoms with Crippen LogP contribution in [-0.4, -0.2) is 29.7 Å². The van der Waals surface area contributed by atoms with Gasteiger partial charge in [-0.2, -0.15) is 0 Å². The van der Waals surface area contributed by atoms with E-state index in [-0.39, 0.29) is 30.2 Å². The molecular formula is C19H16ClF4NO3. The molecule has 2 atom stereocenters. The van der Waals surface area contributed by atoms with Crippen molar-refractivity contribution in [1.82, 2.24) is 4.90 Å². The van der Waals surface area contributed by atoms with Crippen LogP contribution in [0, 0.1) is 5.82 Å². The van der Waals surface area contributed by atoms with Crippen LogP contribution in [-0.2, 0) is 11.3 Å². The number of carbonyl (C=O) groups is 1. The Bertz CT molecular complexity index is 857. The lowest BCUT2D eigenvalue weighted by atomic mass is 10.0. The molecule has 0 saturated carbocycles. The number of benzene rings is 2. The number of hydrogen-bond donors (Lipinski definition) is 0. The summed E-state index contributed by atoms with van der Waals surface area (Å²) in [6.45, 7) is 0.0521. The zero-order valence-corrected chi connectivity index (χ0v) is 15.4. The number of rotatable bonds is 5. The summed E-state index contributed by atoms with van der Waals surface area (Å²) >= 11 is 6.11. The smallest absolute Gasteiger partial charge is 0.496 e. The van der Waals surface area contributed by atoms with Gasteiger partial charge in [0.2, 0.25) is 5.91 Å². The second-order valence-corrected chi connectivity index (χ2v) is 6.76. The summed E-state index contributed by atoms with van der Waals surface area (Å²) < 4.78 is 60.4. The minimum absolute atomic E-state index is 0.0521. The quantitative estimate of drug-likeness (QED) is 0.517. The van der Waals surface area contributed by atoms with Crippen molar-refractivity contribution in [2.75, 3.05) is 7.11 Å². The molecule has 1 amide bonds. The molecule has 0 radical (unpaired) electrons. The Morgan fingerprint density at radius 1 is 1.18 bits per heavy atom. The summed E-state index contributed by atoms with van der Waals surface area (Å²) in [7, 11) is 1.40. The van der Waals surface area contributed by atoms with Crippen LogP contribution >= 0.6 is 11.6 Å². The highest BCUT2D eigenvalue weighted by Crippen LogP contribution is 2.41. The third-order valence-corrected chi connectivity index (χ3v) is 4.80. The zero-order chi connectivity index (χ0) is 20.5. The van der Waals surface area contributed by atoms with E-state index < -0.39 is 23.6 Å². The molecule has 9 heteroatoms. The lowest BCUT2D eigenvalue weighted by Crippen LogP contribution is -2.30. The van der Waals surface area contributed by atoms with Gasteiger partial charge in [0.15, 0.2) is 0 Å². The number of hydrogen-bond acceptors (Lipinski definition) is 3. The molecule has 4 nitrogen and oxygen atoms in total. The van der Waals surface area contributed by atoms with Crippen LogP contribution in [0.2, 0.25) is 0 Å². The average molecular weight is 418 g/mol. The Hall–Kier alpha value is -2.48. The Morgan fingerprint density at radius 3 is 2.46 bits per heavy atom. The van der Waals surface area contributed by atoms with E-state index in [0.29, 0.717) is 11.3 Å². The van der Waals surface area contributed by atoms with E-state index in [1.54, 1.807) is 6.07 Å². The molecule has 2 aromatic carbocycles. The largest absolute Gasteiger partial charge is 0.573 e. The third kappa shape index (κ3) is 4.32. The first-order valence-electron chi connectivity index (χ1n) is 8.31. The minimum Gasteiger partial charge on any atom is -0.496 e. The SMILES string of the molecule is COc1cccc(F)c1[C@H]1C[C@H](Cl)C(=O)N1Cc1ccc(OC(F)(F)F)cc1. The lowest BCUT2D eigenvalue weighted by Gasteiger charge is -2.26. The third-order valence-electron chi connectivity index (χ3n) is 4.43. The molecule has 3 rings (SSSR count). The predicted octanol–water partition coefficient (Wildman–Crippen LogP) is 4.81. The maximum absolute atomic E-state index is 14.5. The van der Waals surface area contributed by atoms with Crippen LogP contribution in [0.5, 0.6) is 11.5 Å². The van der Waals surface area contributed by atoms with Gasteiger partial charge in [0.25, 0.3) is 0 Å². The molecule has 0 unspecified atom stereocenters. The van der Waals surface area contributed by atoms with E-state index in [4.69, 9.17) is 16.3 Å². The molecule has 0 N–H and O–H groups in total. The van der Waals surface area contributed by atoms with Crippen molar-refractivity contribution in [1.29, 1.82) is 0 Å². The Balaban J connectivity index is 1.86. The Kier molecular flexibility index (Phi) is 5.69. The van der Waals surface area contributed by atoms with Gasteiger partial charge in [-0.15, -0.1) is 24.8 Å². The summed E-state index contributed by atoms with van der Waals surface area (Å²) in [5.74, 6) is -0.983. The monoisotopic (exact) mass is 417 g/mol. The second kappa shape index (κ2) is 7.87. The molecule has 0 aromatic heterocycles. The number of amides is 1. The van der Waals surface area contributed by atoms with Crippen molar-refractivity contribution >= 4 is 17.5 Å². The van der Waals surface area contributed by atoms with Gasteiger partial charge in [-0.1, -0.05) is 18.2 Å². The first kappa shape index (κ1) is 20.3. The molecule has 2 aromatic rings. The molecule has 1 heterocycles. The zero-order valence-electron chi connectivity index (χ0n) is 14.7. The average Bonchev–Trinajstić information content (AvgIpc) is 2.90. The van der Waals surface area contributed by atoms with Crippen molar-refractivity contribution < 1.29 is 31.8 Å². The van der Waals surface area contributed by atoms with Crippen LogP contribution in [0.4, 0.5) is 17.6 Å². The summed E-state index contributed by atoms with van der Waals surface area (Å²) in [6.07, 6.45) is -4.60. The highest BCUT2D eigenvalue weighted by molar-refractivity contribution is 6.31. The van der Waals surface area contributed by atoms with E-state index in [9.17, 15) is 22.4 Å². The number of ether oxygens (including phenoxy) is 2. The highest BCUT2D eigenvalue weighted by Gasteiger charge is 2.41. The van der Waals surface area contributed by atoms with Crippen LogP contribution in [0.1, 0.15) is 23.6 Å². The molecule has 1 fully saturated rings. The summed E-state index contributed by atoms with van der Waals surface area (Å²) in [5.41, 5.74) is 0.771. The molecule has 150 valence electrons. The fraction of sp³-hybridized carbons (Fsp3) is 0.316. The van der Waals surface area contributed by atoms with Gasteiger partial charge in [0.1, 0.15) is 22.7 Å². The first-order chi connectivity index (χ1) is 13.2. The summed E-state index contributed by atoms with van der Waals surface area (Å²) in [4.78, 5) is 13.9. The van der Waals surface area contributed by atoms with E-state index >= 15 is 0 Å². The van der Waals surface area contributed by atoms with Gasteiger partial charge in [0, 0.05) is 6.54 Å². The lowest BCUT2D eigenvalue weighted by molar-refractivity contribution is -0.274. The molecule has 1 saturated heterocycles. The maximum Gasteiger partial charge on any atom is 0.573 e. The molecular weight excluding hydrogens is 402 g/mol. The topological polar surface area (TPSA) is 38.8 Å². The van der Waals surface area contributed by atoms with E-state index in [0.717, 1.165) is 12.1 Å². The fourth-order valence-electron chi connectivity index (χ4n) is 3.23. The Labute approximate surface area is 163 Å². The highest BCUT2D eigenvalue weighted by atomic mass is 35.5. The van der Waals surface area contributed by atoms with Gasteiger partial charge in [0.05, 0.1) is 18.7 Å². The van der Waals surface area contributed by atoms with Gasteiger partial charge in [-0.3, -0.25) is 4.79 Å². The summed E-state index contributed by atoms with van der Waals surface area (Å²) in [5, 5.41) is -0.831. The van der Waals surface area contributed by atoms with E-state index in [2.05, 4.69) is 4.74 Å². The first-order valence-corrected chi connectivity index (χ1v) is 8.75. The molecule has 0 spiro atoms. The molecule has 1 aliphatic rings.